The van der Waals surface area contributed by atoms with Gasteiger partial charge in [0.2, 0.25) is 0 Å². The number of nitrogens with zero attached hydrogens (tertiary/aromatic N) is 2. The molecule has 0 radical (unpaired) electrons. The molecule has 0 aliphatic carbocycles. The standard InChI is InChI=1S/C11H8Cl2N2O/c1-7-8(6-16)5-15(14-7)11-3-2-9(12)4-10(11)13/h2-6H,1H3. The molecule has 0 atom stereocenters. The molecule has 0 saturated heterocycles. The maximum absolute atomic E-state index is 10.7. The van der Waals surface area contributed by atoms with Crippen LogP contribution in [-0.2, 0) is 0 Å². The zero-order valence-electron chi connectivity index (χ0n) is 8.45. The lowest BCUT2D eigenvalue weighted by Gasteiger charge is -2.03. The topological polar surface area (TPSA) is 34.9 Å². The molecule has 0 saturated carbocycles. The van der Waals surface area contributed by atoms with Crippen molar-refractivity contribution < 1.29 is 4.79 Å². The average molecular weight is 255 g/mol. The smallest absolute Gasteiger partial charge is 0.153 e. The summed E-state index contributed by atoms with van der Waals surface area (Å²) in [6, 6.07) is 5.11. The summed E-state index contributed by atoms with van der Waals surface area (Å²) in [6.45, 7) is 1.77. The number of aromatic nitrogens is 2. The van der Waals surface area contributed by atoms with Crippen LogP contribution in [0.5, 0.6) is 0 Å². The Kier molecular flexibility index (Phi) is 2.99. The number of hydrogen-bond acceptors (Lipinski definition) is 2. The summed E-state index contributed by atoms with van der Waals surface area (Å²) in [5.41, 5.74) is 1.91. The van der Waals surface area contributed by atoms with E-state index in [4.69, 9.17) is 23.2 Å². The fourth-order valence-corrected chi connectivity index (χ4v) is 1.87. The Morgan fingerprint density at radius 3 is 2.69 bits per heavy atom. The van der Waals surface area contributed by atoms with Crippen molar-refractivity contribution in [1.82, 2.24) is 9.78 Å². The minimum absolute atomic E-state index is 0.493. The number of rotatable bonds is 2. The molecule has 0 unspecified atom stereocenters. The van der Waals surface area contributed by atoms with Crippen LogP contribution in [0, 0.1) is 6.92 Å². The molecule has 0 N–H and O–H groups in total. The van der Waals surface area contributed by atoms with Crippen LogP contribution in [0.3, 0.4) is 0 Å². The quantitative estimate of drug-likeness (QED) is 0.771. The zero-order chi connectivity index (χ0) is 11.7. The minimum atomic E-state index is 0.493. The number of carbonyl (C=O) groups excluding carboxylic acids is 1. The van der Waals surface area contributed by atoms with Gasteiger partial charge in [0.25, 0.3) is 0 Å². The predicted octanol–water partition coefficient (Wildman–Crippen LogP) is 3.30. The molecular formula is C11H8Cl2N2O. The van der Waals surface area contributed by atoms with Crippen LogP contribution in [0.15, 0.2) is 24.4 Å². The second-order valence-electron chi connectivity index (χ2n) is 3.33. The lowest BCUT2D eigenvalue weighted by atomic mass is 10.3. The van der Waals surface area contributed by atoms with Crippen LogP contribution in [-0.4, -0.2) is 16.1 Å². The van der Waals surface area contributed by atoms with Gasteiger partial charge in [0.15, 0.2) is 6.29 Å². The van der Waals surface area contributed by atoms with Crippen LogP contribution in [0.4, 0.5) is 0 Å². The summed E-state index contributed by atoms with van der Waals surface area (Å²) >= 11 is 11.8. The van der Waals surface area contributed by atoms with E-state index in [1.807, 2.05) is 0 Å². The van der Waals surface area contributed by atoms with Gasteiger partial charge in [0.1, 0.15) is 0 Å². The third-order valence-electron chi connectivity index (χ3n) is 2.22. The Morgan fingerprint density at radius 1 is 1.38 bits per heavy atom. The van der Waals surface area contributed by atoms with Crippen molar-refractivity contribution in [3.63, 3.8) is 0 Å². The number of benzene rings is 1. The molecule has 0 aliphatic heterocycles. The Bertz CT molecular complexity index is 549. The normalized spacial score (nSPS) is 10.4. The van der Waals surface area contributed by atoms with Gasteiger partial charge in [-0.05, 0) is 25.1 Å². The van der Waals surface area contributed by atoms with Crippen molar-refractivity contribution in [2.24, 2.45) is 0 Å². The Labute approximate surface area is 103 Å². The van der Waals surface area contributed by atoms with Crippen molar-refractivity contribution >= 4 is 29.5 Å². The van der Waals surface area contributed by atoms with Gasteiger partial charge in [-0.3, -0.25) is 4.79 Å². The summed E-state index contributed by atoms with van der Waals surface area (Å²) in [6.07, 6.45) is 2.40. The molecule has 2 aromatic rings. The second-order valence-corrected chi connectivity index (χ2v) is 4.17. The third-order valence-corrected chi connectivity index (χ3v) is 2.76. The van der Waals surface area contributed by atoms with Crippen molar-refractivity contribution in [2.75, 3.05) is 0 Å². The van der Waals surface area contributed by atoms with Gasteiger partial charge < -0.3 is 0 Å². The van der Waals surface area contributed by atoms with E-state index in [9.17, 15) is 4.79 Å². The predicted molar refractivity (Wildman–Crippen MR) is 63.7 cm³/mol. The van der Waals surface area contributed by atoms with Crippen molar-refractivity contribution in [1.29, 1.82) is 0 Å². The summed E-state index contributed by atoms with van der Waals surface area (Å²) < 4.78 is 1.57. The van der Waals surface area contributed by atoms with Crippen LogP contribution in [0.25, 0.3) is 5.69 Å². The van der Waals surface area contributed by atoms with E-state index in [-0.39, 0.29) is 0 Å². The van der Waals surface area contributed by atoms with E-state index in [0.29, 0.717) is 27.0 Å². The molecule has 1 aromatic carbocycles. The number of carbonyl (C=O) groups is 1. The lowest BCUT2D eigenvalue weighted by Crippen LogP contribution is -1.95. The van der Waals surface area contributed by atoms with Crippen LogP contribution in [0.2, 0.25) is 10.0 Å². The van der Waals surface area contributed by atoms with E-state index in [2.05, 4.69) is 5.10 Å². The maximum atomic E-state index is 10.7. The van der Waals surface area contributed by atoms with Gasteiger partial charge in [-0.1, -0.05) is 23.2 Å². The van der Waals surface area contributed by atoms with E-state index in [1.165, 1.54) is 0 Å². The van der Waals surface area contributed by atoms with Crippen molar-refractivity contribution in [3.05, 3.63) is 45.7 Å². The molecule has 0 aliphatic rings. The second kappa shape index (κ2) is 4.28. The molecule has 0 amide bonds. The average Bonchev–Trinajstić information content (AvgIpc) is 2.59. The first-order valence-electron chi connectivity index (χ1n) is 4.58. The highest BCUT2D eigenvalue weighted by atomic mass is 35.5. The molecule has 1 aromatic heterocycles. The van der Waals surface area contributed by atoms with E-state index < -0.39 is 0 Å². The molecule has 0 bridgehead atoms. The summed E-state index contributed by atoms with van der Waals surface area (Å²) in [5, 5.41) is 5.26. The summed E-state index contributed by atoms with van der Waals surface area (Å²) in [4.78, 5) is 10.7. The molecule has 0 spiro atoms. The monoisotopic (exact) mass is 254 g/mol. The molecular weight excluding hydrogens is 247 g/mol. The van der Waals surface area contributed by atoms with Crippen LogP contribution >= 0.6 is 23.2 Å². The van der Waals surface area contributed by atoms with Crippen molar-refractivity contribution in [3.8, 4) is 5.69 Å². The van der Waals surface area contributed by atoms with E-state index >= 15 is 0 Å². The fourth-order valence-electron chi connectivity index (χ4n) is 1.38. The first-order chi connectivity index (χ1) is 7.61. The number of halogens is 2. The van der Waals surface area contributed by atoms with E-state index in [0.717, 1.165) is 6.29 Å². The van der Waals surface area contributed by atoms with E-state index in [1.54, 1.807) is 36.0 Å². The van der Waals surface area contributed by atoms with Gasteiger partial charge in [0.05, 0.1) is 22.0 Å². The molecule has 3 nitrogen and oxygen atoms in total. The third kappa shape index (κ3) is 1.96. The van der Waals surface area contributed by atoms with Crippen molar-refractivity contribution in [2.45, 2.75) is 6.92 Å². The first-order valence-corrected chi connectivity index (χ1v) is 5.34. The Hall–Kier alpha value is -1.32. The summed E-state index contributed by atoms with van der Waals surface area (Å²) in [7, 11) is 0. The SMILES string of the molecule is Cc1nn(-c2ccc(Cl)cc2Cl)cc1C=O. The van der Waals surface area contributed by atoms with Crippen LogP contribution in [0.1, 0.15) is 16.1 Å². The van der Waals surface area contributed by atoms with Crippen LogP contribution < -0.4 is 0 Å². The lowest BCUT2D eigenvalue weighted by molar-refractivity contribution is 0.112. The fraction of sp³-hybridized carbons (Fsp3) is 0.0909. The molecule has 16 heavy (non-hydrogen) atoms. The maximum Gasteiger partial charge on any atom is 0.153 e. The molecule has 0 fully saturated rings. The highest BCUT2D eigenvalue weighted by Crippen LogP contribution is 2.24. The molecule has 5 heteroatoms. The first kappa shape index (κ1) is 11.2. The highest BCUT2D eigenvalue weighted by Gasteiger charge is 2.08. The van der Waals surface area contributed by atoms with Gasteiger partial charge in [-0.15, -0.1) is 0 Å². The van der Waals surface area contributed by atoms with Gasteiger partial charge in [0, 0.05) is 11.2 Å². The largest absolute Gasteiger partial charge is 0.298 e. The number of hydrogen-bond donors (Lipinski definition) is 0. The molecule has 82 valence electrons. The Morgan fingerprint density at radius 2 is 2.12 bits per heavy atom. The Balaban J connectivity index is 2.54. The zero-order valence-corrected chi connectivity index (χ0v) is 9.96. The minimum Gasteiger partial charge on any atom is -0.298 e. The van der Waals surface area contributed by atoms with Gasteiger partial charge in [-0.2, -0.15) is 5.10 Å². The number of aldehydes is 1. The molecule has 2 rings (SSSR count). The van der Waals surface area contributed by atoms with Gasteiger partial charge in [-0.25, -0.2) is 4.68 Å². The highest BCUT2D eigenvalue weighted by molar-refractivity contribution is 6.35. The molecule has 1 heterocycles. The summed E-state index contributed by atoms with van der Waals surface area (Å²) in [5.74, 6) is 0. The van der Waals surface area contributed by atoms with Gasteiger partial charge >= 0.3 is 0 Å². The number of aryl methyl sites for hydroxylation is 1.